The summed E-state index contributed by atoms with van der Waals surface area (Å²) in [6, 6.07) is 10.7. The Morgan fingerprint density at radius 1 is 1.27 bits per heavy atom. The van der Waals surface area contributed by atoms with Crippen LogP contribution in [0.2, 0.25) is 0 Å². The molecule has 0 bridgehead atoms. The Labute approximate surface area is 159 Å². The topological polar surface area (TPSA) is 45.2 Å². The van der Waals surface area contributed by atoms with Gasteiger partial charge in [0, 0.05) is 36.3 Å². The van der Waals surface area contributed by atoms with Crippen molar-refractivity contribution in [2.75, 3.05) is 25.0 Å². The van der Waals surface area contributed by atoms with E-state index in [0.29, 0.717) is 11.8 Å². The highest BCUT2D eigenvalue weighted by molar-refractivity contribution is 7.13. The Morgan fingerprint density at radius 2 is 2.00 bits per heavy atom. The Hall–Kier alpha value is -1.88. The Kier molecular flexibility index (Phi) is 4.98. The largest absolute Gasteiger partial charge is 0.362 e. The van der Waals surface area contributed by atoms with Crippen molar-refractivity contribution >= 4 is 22.4 Å². The van der Waals surface area contributed by atoms with Crippen molar-refractivity contribution < 1.29 is 4.79 Å². The van der Waals surface area contributed by atoms with E-state index in [4.69, 9.17) is 4.98 Å². The van der Waals surface area contributed by atoms with Gasteiger partial charge in [0.1, 0.15) is 0 Å². The van der Waals surface area contributed by atoms with Crippen LogP contribution in [0.4, 0.5) is 5.13 Å². The Morgan fingerprint density at radius 3 is 2.62 bits per heavy atom. The number of nitrogens with one attached hydrogen (secondary N) is 1. The monoisotopic (exact) mass is 369 g/mol. The summed E-state index contributed by atoms with van der Waals surface area (Å²) in [6.07, 6.45) is 5.27. The first-order valence-electron chi connectivity index (χ1n) is 9.77. The van der Waals surface area contributed by atoms with Crippen molar-refractivity contribution in [1.82, 2.24) is 9.88 Å². The third-order valence-electron chi connectivity index (χ3n) is 6.03. The summed E-state index contributed by atoms with van der Waals surface area (Å²) in [7, 11) is 0. The number of thiazole rings is 1. The highest BCUT2D eigenvalue weighted by atomic mass is 32.1. The molecular formula is C21H27N3OS. The fourth-order valence-corrected chi connectivity index (χ4v) is 5.08. The van der Waals surface area contributed by atoms with Gasteiger partial charge in [-0.3, -0.25) is 4.79 Å². The van der Waals surface area contributed by atoms with Gasteiger partial charge in [0.15, 0.2) is 5.13 Å². The zero-order valence-corrected chi connectivity index (χ0v) is 16.2. The number of rotatable bonds is 5. The molecule has 0 spiro atoms. The standard InChI is InChI=1S/C21H27N3OS/c1-2-22-20-23-18(15-26-20)21(17-9-4-3-5-10-17)11-13-24(14-12-21)19(25)16-7-6-8-16/h3-5,9-10,15-16H,2,6-8,11-14H2,1H3,(H,22,23). The van der Waals surface area contributed by atoms with Gasteiger partial charge in [-0.2, -0.15) is 0 Å². The third kappa shape index (κ3) is 3.13. The summed E-state index contributed by atoms with van der Waals surface area (Å²) in [4.78, 5) is 19.7. The van der Waals surface area contributed by atoms with Crippen molar-refractivity contribution in [3.63, 3.8) is 0 Å². The minimum absolute atomic E-state index is 0.0815. The van der Waals surface area contributed by atoms with Gasteiger partial charge >= 0.3 is 0 Å². The number of piperidine rings is 1. The zero-order valence-electron chi connectivity index (χ0n) is 15.4. The molecule has 0 radical (unpaired) electrons. The van der Waals surface area contributed by atoms with Gasteiger partial charge in [-0.25, -0.2) is 4.98 Å². The number of aromatic nitrogens is 1. The maximum atomic E-state index is 12.7. The highest BCUT2D eigenvalue weighted by Gasteiger charge is 2.42. The van der Waals surface area contributed by atoms with E-state index in [1.807, 2.05) is 0 Å². The molecule has 2 aromatic rings. The summed E-state index contributed by atoms with van der Waals surface area (Å²) >= 11 is 1.68. The fraction of sp³-hybridized carbons (Fsp3) is 0.524. The second-order valence-electron chi connectivity index (χ2n) is 7.47. The van der Waals surface area contributed by atoms with Crippen LogP contribution in [-0.2, 0) is 10.2 Å². The molecule has 4 rings (SSSR count). The van der Waals surface area contributed by atoms with Crippen LogP contribution in [0.15, 0.2) is 35.7 Å². The average Bonchev–Trinajstić information content (AvgIpc) is 3.10. The second kappa shape index (κ2) is 7.39. The van der Waals surface area contributed by atoms with E-state index in [1.54, 1.807) is 11.3 Å². The minimum atomic E-state index is -0.0815. The quantitative estimate of drug-likeness (QED) is 0.855. The first-order chi connectivity index (χ1) is 12.7. The van der Waals surface area contributed by atoms with E-state index in [-0.39, 0.29) is 5.41 Å². The number of amides is 1. The molecule has 2 heterocycles. The first-order valence-corrected chi connectivity index (χ1v) is 10.6. The van der Waals surface area contributed by atoms with Crippen molar-refractivity contribution in [2.24, 2.45) is 5.92 Å². The summed E-state index contributed by atoms with van der Waals surface area (Å²) < 4.78 is 0. The SMILES string of the molecule is CCNc1nc(C2(c3ccccc3)CCN(C(=O)C3CCC3)CC2)cs1. The normalized spacial score (nSPS) is 19.8. The van der Waals surface area contributed by atoms with Crippen LogP contribution in [0, 0.1) is 5.92 Å². The van der Waals surface area contributed by atoms with Gasteiger partial charge in [-0.15, -0.1) is 11.3 Å². The number of nitrogens with zero attached hydrogens (tertiary/aromatic N) is 2. The third-order valence-corrected chi connectivity index (χ3v) is 6.83. The molecule has 1 saturated heterocycles. The van der Waals surface area contributed by atoms with Crippen LogP contribution in [0.5, 0.6) is 0 Å². The number of likely N-dealkylation sites (tertiary alicyclic amines) is 1. The molecule has 0 atom stereocenters. The van der Waals surface area contributed by atoms with Crippen LogP contribution >= 0.6 is 11.3 Å². The van der Waals surface area contributed by atoms with Crippen molar-refractivity contribution in [3.8, 4) is 0 Å². The van der Waals surface area contributed by atoms with Gasteiger partial charge in [-0.1, -0.05) is 36.8 Å². The number of benzene rings is 1. The Bertz CT molecular complexity index is 746. The maximum absolute atomic E-state index is 12.7. The molecule has 5 heteroatoms. The van der Waals surface area contributed by atoms with Gasteiger partial charge in [0.2, 0.25) is 5.91 Å². The molecule has 1 saturated carbocycles. The molecule has 4 nitrogen and oxygen atoms in total. The minimum Gasteiger partial charge on any atom is -0.362 e. The molecule has 0 unspecified atom stereocenters. The lowest BCUT2D eigenvalue weighted by Gasteiger charge is -2.43. The average molecular weight is 370 g/mol. The number of carbonyl (C=O) groups is 1. The molecule has 26 heavy (non-hydrogen) atoms. The van der Waals surface area contributed by atoms with Crippen LogP contribution < -0.4 is 5.32 Å². The molecule has 1 aromatic carbocycles. The molecule has 1 aromatic heterocycles. The smallest absolute Gasteiger partial charge is 0.225 e. The summed E-state index contributed by atoms with van der Waals surface area (Å²) in [6.45, 7) is 4.64. The van der Waals surface area contributed by atoms with E-state index in [0.717, 1.165) is 56.1 Å². The molecule has 2 aliphatic rings. The van der Waals surface area contributed by atoms with Gasteiger partial charge < -0.3 is 10.2 Å². The molecular weight excluding hydrogens is 342 g/mol. The number of hydrogen-bond donors (Lipinski definition) is 1. The summed E-state index contributed by atoms with van der Waals surface area (Å²) in [5.74, 6) is 0.670. The van der Waals surface area contributed by atoms with E-state index in [2.05, 4.69) is 52.9 Å². The second-order valence-corrected chi connectivity index (χ2v) is 8.33. The van der Waals surface area contributed by atoms with Crippen molar-refractivity contribution in [1.29, 1.82) is 0 Å². The first kappa shape index (κ1) is 17.5. The molecule has 138 valence electrons. The maximum Gasteiger partial charge on any atom is 0.225 e. The lowest BCUT2D eigenvalue weighted by molar-refractivity contribution is -0.139. The van der Waals surface area contributed by atoms with Crippen LogP contribution in [0.3, 0.4) is 0 Å². The lowest BCUT2D eigenvalue weighted by Crippen LogP contribution is -2.48. The molecule has 1 amide bonds. The van der Waals surface area contributed by atoms with Crippen molar-refractivity contribution in [2.45, 2.75) is 44.4 Å². The van der Waals surface area contributed by atoms with E-state index >= 15 is 0 Å². The van der Waals surface area contributed by atoms with Crippen molar-refractivity contribution in [3.05, 3.63) is 47.0 Å². The van der Waals surface area contributed by atoms with Gasteiger partial charge in [-0.05, 0) is 38.2 Å². The number of hydrogen-bond acceptors (Lipinski definition) is 4. The van der Waals surface area contributed by atoms with E-state index in [9.17, 15) is 4.79 Å². The van der Waals surface area contributed by atoms with Crippen LogP contribution in [0.25, 0.3) is 0 Å². The van der Waals surface area contributed by atoms with Gasteiger partial charge in [0.25, 0.3) is 0 Å². The number of carbonyl (C=O) groups excluding carboxylic acids is 1. The predicted octanol–water partition coefficient (Wildman–Crippen LogP) is 4.28. The van der Waals surface area contributed by atoms with Crippen LogP contribution in [-0.4, -0.2) is 35.4 Å². The molecule has 1 aliphatic heterocycles. The summed E-state index contributed by atoms with van der Waals surface area (Å²) in [5.41, 5.74) is 2.39. The Balaban J connectivity index is 1.59. The van der Waals surface area contributed by atoms with E-state index < -0.39 is 0 Å². The number of anilines is 1. The molecule has 2 fully saturated rings. The zero-order chi connectivity index (χ0) is 18.0. The van der Waals surface area contributed by atoms with Gasteiger partial charge in [0.05, 0.1) is 5.69 Å². The summed E-state index contributed by atoms with van der Waals surface area (Å²) in [5, 5.41) is 6.53. The predicted molar refractivity (Wildman–Crippen MR) is 107 cm³/mol. The molecule has 1 N–H and O–H groups in total. The fourth-order valence-electron chi connectivity index (χ4n) is 4.20. The molecule has 1 aliphatic carbocycles. The highest BCUT2D eigenvalue weighted by Crippen LogP contribution is 2.43. The van der Waals surface area contributed by atoms with E-state index in [1.165, 1.54) is 12.0 Å². The lowest BCUT2D eigenvalue weighted by atomic mass is 9.70. The van der Waals surface area contributed by atoms with Crippen LogP contribution in [0.1, 0.15) is 50.3 Å².